The Morgan fingerprint density at radius 3 is 2.83 bits per heavy atom. The molecule has 0 fully saturated rings. The maximum atomic E-state index is 4.82. The minimum Gasteiger partial charge on any atom is -0.363 e. The van der Waals surface area contributed by atoms with Gasteiger partial charge in [-0.25, -0.2) is 4.99 Å². The van der Waals surface area contributed by atoms with Crippen LogP contribution in [0.2, 0.25) is 0 Å². The van der Waals surface area contributed by atoms with Gasteiger partial charge >= 0.3 is 0 Å². The van der Waals surface area contributed by atoms with Crippen molar-refractivity contribution in [3.05, 3.63) is 72.2 Å². The molecular weight excluding hydrogens is 298 g/mol. The van der Waals surface area contributed by atoms with Gasteiger partial charge in [0.15, 0.2) is 11.7 Å². The molecule has 0 amide bonds. The van der Waals surface area contributed by atoms with E-state index in [1.54, 1.807) is 6.20 Å². The van der Waals surface area contributed by atoms with Gasteiger partial charge in [-0.05, 0) is 18.6 Å². The van der Waals surface area contributed by atoms with E-state index in [1.807, 2.05) is 36.5 Å². The van der Waals surface area contributed by atoms with Crippen molar-refractivity contribution < 1.29 is 0 Å². The van der Waals surface area contributed by atoms with E-state index in [1.165, 1.54) is 0 Å². The molecule has 1 N–H and O–H groups in total. The lowest BCUT2D eigenvalue weighted by Gasteiger charge is -2.27. The van der Waals surface area contributed by atoms with E-state index in [4.69, 9.17) is 4.99 Å². The number of benzene rings is 1. The van der Waals surface area contributed by atoms with Crippen LogP contribution >= 0.6 is 0 Å². The van der Waals surface area contributed by atoms with Crippen molar-refractivity contribution in [2.24, 2.45) is 9.98 Å². The molecule has 2 aliphatic rings. The fourth-order valence-corrected chi connectivity index (χ4v) is 2.87. The van der Waals surface area contributed by atoms with Crippen molar-refractivity contribution in [3.8, 4) is 0 Å². The van der Waals surface area contributed by atoms with Crippen LogP contribution in [0.15, 0.2) is 71.0 Å². The molecule has 0 saturated heterocycles. The first kappa shape index (κ1) is 14.6. The predicted molar refractivity (Wildman–Crippen MR) is 96.5 cm³/mol. The normalized spacial score (nSPS) is 19.3. The molecule has 24 heavy (non-hydrogen) atoms. The number of fused-ring (bicyclic) bond motifs is 1. The molecule has 0 radical (unpaired) electrons. The highest BCUT2D eigenvalue weighted by Crippen LogP contribution is 2.24. The summed E-state index contributed by atoms with van der Waals surface area (Å²) in [4.78, 5) is 15.8. The monoisotopic (exact) mass is 317 g/mol. The summed E-state index contributed by atoms with van der Waals surface area (Å²) in [5, 5.41) is 3.43. The van der Waals surface area contributed by atoms with E-state index >= 15 is 0 Å². The zero-order chi connectivity index (χ0) is 16.4. The molecule has 5 nitrogen and oxygen atoms in total. The second kappa shape index (κ2) is 6.28. The fraction of sp³-hybridized carbons (Fsp3) is 0.211. The number of pyridine rings is 1. The topological polar surface area (TPSA) is 52.9 Å². The van der Waals surface area contributed by atoms with Crippen molar-refractivity contribution in [3.63, 3.8) is 0 Å². The van der Waals surface area contributed by atoms with Crippen LogP contribution in [0, 0.1) is 0 Å². The first-order valence-corrected chi connectivity index (χ1v) is 8.13. The number of nitrogens with one attached hydrogen (secondary N) is 1. The van der Waals surface area contributed by atoms with Gasteiger partial charge in [0.2, 0.25) is 0 Å². The van der Waals surface area contributed by atoms with Gasteiger partial charge in [0, 0.05) is 30.7 Å². The molecule has 2 aliphatic heterocycles. The molecule has 0 bridgehead atoms. The van der Waals surface area contributed by atoms with Gasteiger partial charge in [-0.15, -0.1) is 0 Å². The summed E-state index contributed by atoms with van der Waals surface area (Å²) >= 11 is 0. The number of hydrogen-bond acceptors (Lipinski definition) is 5. The van der Waals surface area contributed by atoms with Gasteiger partial charge < -0.3 is 10.2 Å². The van der Waals surface area contributed by atoms with E-state index in [2.05, 4.69) is 45.4 Å². The Bertz CT molecular complexity index is 808. The van der Waals surface area contributed by atoms with Gasteiger partial charge in [0.05, 0.1) is 18.3 Å². The SMILES string of the molecule is CC1CN=C2C(NCc3cccnc3)=NC(c3ccccc3)=CN21. The van der Waals surface area contributed by atoms with Crippen LogP contribution in [0.1, 0.15) is 18.1 Å². The van der Waals surface area contributed by atoms with Crippen LogP contribution in [0.5, 0.6) is 0 Å². The van der Waals surface area contributed by atoms with Crippen molar-refractivity contribution in [1.29, 1.82) is 0 Å². The highest BCUT2D eigenvalue weighted by atomic mass is 15.3. The zero-order valence-electron chi connectivity index (χ0n) is 13.6. The van der Waals surface area contributed by atoms with Crippen LogP contribution in [0.25, 0.3) is 5.70 Å². The molecule has 3 heterocycles. The van der Waals surface area contributed by atoms with Crippen molar-refractivity contribution in [2.75, 3.05) is 6.54 Å². The largest absolute Gasteiger partial charge is 0.363 e. The van der Waals surface area contributed by atoms with E-state index in [9.17, 15) is 0 Å². The van der Waals surface area contributed by atoms with Gasteiger partial charge in [0.1, 0.15) is 0 Å². The lowest BCUT2D eigenvalue weighted by molar-refractivity contribution is 0.475. The minimum atomic E-state index is 0.351. The highest BCUT2D eigenvalue weighted by Gasteiger charge is 2.30. The molecule has 1 atom stereocenters. The number of aromatic nitrogens is 1. The van der Waals surface area contributed by atoms with Crippen LogP contribution < -0.4 is 5.32 Å². The van der Waals surface area contributed by atoms with Crippen molar-refractivity contribution >= 4 is 17.4 Å². The lowest BCUT2D eigenvalue weighted by atomic mass is 10.1. The third-order valence-electron chi connectivity index (χ3n) is 4.18. The number of hydrogen-bond donors (Lipinski definition) is 1. The molecule has 120 valence electrons. The fourth-order valence-electron chi connectivity index (χ4n) is 2.87. The summed E-state index contributed by atoms with van der Waals surface area (Å²) in [5.74, 6) is 1.75. The number of nitrogens with zero attached hydrogens (tertiary/aromatic N) is 4. The van der Waals surface area contributed by atoms with Crippen LogP contribution in [-0.2, 0) is 6.54 Å². The number of amidine groups is 2. The first-order chi connectivity index (χ1) is 11.8. The molecule has 0 aliphatic carbocycles. The molecule has 5 heteroatoms. The van der Waals surface area contributed by atoms with Gasteiger partial charge in [-0.3, -0.25) is 9.98 Å². The second-order valence-electron chi connectivity index (χ2n) is 5.98. The average molecular weight is 317 g/mol. The summed E-state index contributed by atoms with van der Waals surface area (Å²) in [6, 6.07) is 14.6. The Hall–Kier alpha value is -2.95. The van der Waals surface area contributed by atoms with Gasteiger partial charge in [-0.2, -0.15) is 0 Å². The quantitative estimate of drug-likeness (QED) is 0.947. The Kier molecular flexibility index (Phi) is 3.83. The Labute approximate surface area is 141 Å². The highest BCUT2D eigenvalue weighted by molar-refractivity contribution is 6.42. The number of rotatable bonds is 3. The summed E-state index contributed by atoms with van der Waals surface area (Å²) < 4.78 is 0. The Balaban J connectivity index is 1.63. The molecule has 2 aromatic rings. The molecule has 1 aromatic carbocycles. The van der Waals surface area contributed by atoms with E-state index in [0.29, 0.717) is 12.6 Å². The van der Waals surface area contributed by atoms with E-state index in [-0.39, 0.29) is 0 Å². The summed E-state index contributed by atoms with van der Waals surface area (Å²) in [7, 11) is 0. The first-order valence-electron chi connectivity index (χ1n) is 8.13. The molecular formula is C19H19N5. The van der Waals surface area contributed by atoms with Crippen molar-refractivity contribution in [2.45, 2.75) is 19.5 Å². The molecule has 0 saturated carbocycles. The third kappa shape index (κ3) is 2.80. The van der Waals surface area contributed by atoms with Crippen LogP contribution in [-0.4, -0.2) is 34.1 Å². The Morgan fingerprint density at radius 2 is 2.04 bits per heavy atom. The molecule has 0 spiro atoms. The molecule has 1 aromatic heterocycles. The van der Waals surface area contributed by atoms with Gasteiger partial charge in [-0.1, -0.05) is 36.4 Å². The third-order valence-corrected chi connectivity index (χ3v) is 4.18. The van der Waals surface area contributed by atoms with Crippen molar-refractivity contribution in [1.82, 2.24) is 15.2 Å². The van der Waals surface area contributed by atoms with Gasteiger partial charge in [0.25, 0.3) is 0 Å². The standard InChI is InChI=1S/C19H19N5/c1-14-10-22-19-18(21-12-15-6-5-9-20-11-15)23-17(13-24(14)19)16-7-3-2-4-8-16/h2-9,11,13-14H,10,12H2,1H3,(H,21,23). The van der Waals surface area contributed by atoms with E-state index in [0.717, 1.165) is 35.0 Å². The minimum absolute atomic E-state index is 0.351. The maximum Gasteiger partial charge on any atom is 0.171 e. The summed E-state index contributed by atoms with van der Waals surface area (Å²) in [6.07, 6.45) is 5.74. The van der Waals surface area contributed by atoms with Crippen LogP contribution in [0.3, 0.4) is 0 Å². The second-order valence-corrected chi connectivity index (χ2v) is 5.98. The lowest BCUT2D eigenvalue weighted by Crippen LogP contribution is -2.43. The molecule has 4 rings (SSSR count). The summed E-state index contributed by atoms with van der Waals surface area (Å²) in [5.41, 5.74) is 3.18. The van der Waals surface area contributed by atoms with E-state index < -0.39 is 0 Å². The number of aliphatic imine (C=N–C) groups is 2. The van der Waals surface area contributed by atoms with Crippen LogP contribution in [0.4, 0.5) is 0 Å². The molecule has 1 unspecified atom stereocenters. The predicted octanol–water partition coefficient (Wildman–Crippen LogP) is 2.68. The Morgan fingerprint density at radius 1 is 1.17 bits per heavy atom. The zero-order valence-corrected chi connectivity index (χ0v) is 13.6. The smallest absolute Gasteiger partial charge is 0.171 e. The summed E-state index contributed by atoms with van der Waals surface area (Å²) in [6.45, 7) is 3.65. The maximum absolute atomic E-state index is 4.82. The average Bonchev–Trinajstić information content (AvgIpc) is 3.02.